The van der Waals surface area contributed by atoms with Crippen molar-refractivity contribution in [1.29, 1.82) is 0 Å². The van der Waals surface area contributed by atoms with Crippen LogP contribution in [0, 0.1) is 0 Å². The molecule has 3 aromatic rings. The molecule has 25 heavy (non-hydrogen) atoms. The zero-order chi connectivity index (χ0) is 17.4. The van der Waals surface area contributed by atoms with Gasteiger partial charge in [-0.15, -0.1) is 0 Å². The third kappa shape index (κ3) is 3.05. The number of nitrogens with zero attached hydrogens (tertiary/aromatic N) is 3. The smallest absolute Gasteiger partial charge is 0.319 e. The van der Waals surface area contributed by atoms with Gasteiger partial charge in [0.2, 0.25) is 0 Å². The van der Waals surface area contributed by atoms with Crippen LogP contribution in [0.4, 0.5) is 0 Å². The van der Waals surface area contributed by atoms with Gasteiger partial charge >= 0.3 is 5.69 Å². The highest BCUT2D eigenvalue weighted by molar-refractivity contribution is 5.75. The molecule has 3 heterocycles. The SMILES string of the molecule is Cn1ccc(CN2CCC(n3c(=O)[nH]c4ccccc43)CC2)cc1=O. The van der Waals surface area contributed by atoms with Crippen molar-refractivity contribution in [3.63, 3.8) is 0 Å². The molecule has 0 unspecified atom stereocenters. The molecule has 1 aromatic carbocycles. The Morgan fingerprint density at radius 3 is 2.64 bits per heavy atom. The van der Waals surface area contributed by atoms with E-state index in [4.69, 9.17) is 0 Å². The number of likely N-dealkylation sites (tertiary alicyclic amines) is 1. The molecule has 6 heteroatoms. The van der Waals surface area contributed by atoms with E-state index in [2.05, 4.69) is 9.88 Å². The van der Waals surface area contributed by atoms with Crippen molar-refractivity contribution in [2.24, 2.45) is 7.05 Å². The van der Waals surface area contributed by atoms with Crippen LogP contribution < -0.4 is 11.2 Å². The Labute approximate surface area is 145 Å². The maximum atomic E-state index is 12.3. The van der Waals surface area contributed by atoms with Crippen LogP contribution in [0.3, 0.4) is 0 Å². The van der Waals surface area contributed by atoms with Gasteiger partial charge in [0, 0.05) is 45.0 Å². The molecule has 0 radical (unpaired) electrons. The predicted octanol–water partition coefficient (Wildman–Crippen LogP) is 1.87. The van der Waals surface area contributed by atoms with Crippen LogP contribution in [0.1, 0.15) is 24.4 Å². The zero-order valence-corrected chi connectivity index (χ0v) is 14.3. The highest BCUT2D eigenvalue weighted by Crippen LogP contribution is 2.25. The second-order valence-corrected chi connectivity index (χ2v) is 6.81. The summed E-state index contributed by atoms with van der Waals surface area (Å²) in [7, 11) is 1.76. The molecular weight excluding hydrogens is 316 g/mol. The van der Waals surface area contributed by atoms with Crippen molar-refractivity contribution >= 4 is 11.0 Å². The lowest BCUT2D eigenvalue weighted by Gasteiger charge is -2.32. The second-order valence-electron chi connectivity index (χ2n) is 6.81. The number of fused-ring (bicyclic) bond motifs is 1. The molecular formula is C19H22N4O2. The van der Waals surface area contributed by atoms with Gasteiger partial charge in [-0.05, 0) is 36.6 Å². The Morgan fingerprint density at radius 1 is 1.12 bits per heavy atom. The Kier molecular flexibility index (Phi) is 4.05. The lowest BCUT2D eigenvalue weighted by molar-refractivity contribution is 0.180. The molecule has 1 fully saturated rings. The summed E-state index contributed by atoms with van der Waals surface area (Å²) >= 11 is 0. The van der Waals surface area contributed by atoms with Gasteiger partial charge in [0.1, 0.15) is 0 Å². The zero-order valence-electron chi connectivity index (χ0n) is 14.3. The summed E-state index contributed by atoms with van der Waals surface area (Å²) in [5, 5.41) is 0. The first-order valence-electron chi connectivity index (χ1n) is 8.69. The van der Waals surface area contributed by atoms with Crippen LogP contribution in [-0.4, -0.2) is 32.1 Å². The van der Waals surface area contributed by atoms with E-state index in [1.54, 1.807) is 17.7 Å². The molecule has 1 saturated heterocycles. The quantitative estimate of drug-likeness (QED) is 0.793. The van der Waals surface area contributed by atoms with E-state index in [-0.39, 0.29) is 17.3 Å². The lowest BCUT2D eigenvalue weighted by atomic mass is 10.0. The van der Waals surface area contributed by atoms with Gasteiger partial charge in [-0.1, -0.05) is 12.1 Å². The molecule has 0 spiro atoms. The summed E-state index contributed by atoms with van der Waals surface area (Å²) in [5.74, 6) is 0. The molecule has 130 valence electrons. The second kappa shape index (κ2) is 6.37. The summed E-state index contributed by atoms with van der Waals surface area (Å²) < 4.78 is 3.49. The number of aromatic amines is 1. The molecule has 0 atom stereocenters. The number of pyridine rings is 1. The number of rotatable bonds is 3. The van der Waals surface area contributed by atoms with E-state index >= 15 is 0 Å². The van der Waals surface area contributed by atoms with Crippen molar-refractivity contribution in [2.75, 3.05) is 13.1 Å². The van der Waals surface area contributed by atoms with Crippen LogP contribution in [0.2, 0.25) is 0 Å². The molecule has 6 nitrogen and oxygen atoms in total. The Hall–Kier alpha value is -2.60. The Morgan fingerprint density at radius 2 is 1.88 bits per heavy atom. The number of imidazole rings is 1. The normalized spacial score (nSPS) is 16.5. The number of hydrogen-bond acceptors (Lipinski definition) is 3. The van der Waals surface area contributed by atoms with Crippen LogP contribution in [0.25, 0.3) is 11.0 Å². The number of benzene rings is 1. The maximum Gasteiger partial charge on any atom is 0.326 e. The van der Waals surface area contributed by atoms with Gasteiger partial charge in [-0.2, -0.15) is 0 Å². The highest BCUT2D eigenvalue weighted by atomic mass is 16.1. The van der Waals surface area contributed by atoms with Crippen LogP contribution in [0.15, 0.2) is 52.2 Å². The number of piperidine rings is 1. The Balaban J connectivity index is 1.47. The first-order valence-corrected chi connectivity index (χ1v) is 8.69. The van der Waals surface area contributed by atoms with Gasteiger partial charge < -0.3 is 9.55 Å². The third-order valence-electron chi connectivity index (χ3n) is 5.12. The molecule has 1 N–H and O–H groups in total. The van der Waals surface area contributed by atoms with Crippen molar-refractivity contribution < 1.29 is 0 Å². The number of H-pyrrole nitrogens is 1. The van der Waals surface area contributed by atoms with E-state index < -0.39 is 0 Å². The van der Waals surface area contributed by atoms with Crippen LogP contribution >= 0.6 is 0 Å². The molecule has 0 amide bonds. The molecule has 0 saturated carbocycles. The average Bonchev–Trinajstić information content (AvgIpc) is 2.95. The van der Waals surface area contributed by atoms with Gasteiger partial charge in [-0.3, -0.25) is 14.3 Å². The van der Waals surface area contributed by atoms with E-state index in [9.17, 15) is 9.59 Å². The fraction of sp³-hybridized carbons (Fsp3) is 0.368. The molecule has 2 aromatic heterocycles. The summed E-state index contributed by atoms with van der Waals surface area (Å²) in [6, 6.07) is 11.8. The number of hydrogen-bond donors (Lipinski definition) is 1. The first kappa shape index (κ1) is 15.9. The van der Waals surface area contributed by atoms with E-state index in [0.717, 1.165) is 49.1 Å². The number of para-hydroxylation sites is 2. The minimum absolute atomic E-state index is 0.0220. The standard InChI is InChI=1S/C19H22N4O2/c1-21-9-6-14(12-18(21)24)13-22-10-7-15(8-11-22)23-17-5-3-2-4-16(17)20-19(23)25/h2-6,9,12,15H,7-8,10-11,13H2,1H3,(H,20,25). The highest BCUT2D eigenvalue weighted by Gasteiger charge is 2.23. The summed E-state index contributed by atoms with van der Waals surface area (Å²) in [6.07, 6.45) is 3.69. The van der Waals surface area contributed by atoms with E-state index in [1.165, 1.54) is 0 Å². The minimum Gasteiger partial charge on any atom is -0.319 e. The fourth-order valence-corrected chi connectivity index (χ4v) is 3.72. The minimum atomic E-state index is -0.0220. The first-order chi connectivity index (χ1) is 12.1. The fourth-order valence-electron chi connectivity index (χ4n) is 3.72. The predicted molar refractivity (Wildman–Crippen MR) is 97.8 cm³/mol. The molecule has 1 aliphatic rings. The van der Waals surface area contributed by atoms with Gasteiger partial charge in [0.15, 0.2) is 0 Å². The summed E-state index contributed by atoms with van der Waals surface area (Å²) in [4.78, 5) is 29.4. The van der Waals surface area contributed by atoms with Crippen molar-refractivity contribution in [2.45, 2.75) is 25.4 Å². The summed E-state index contributed by atoms with van der Waals surface area (Å²) in [6.45, 7) is 2.63. The molecule has 1 aliphatic heterocycles. The van der Waals surface area contributed by atoms with Crippen molar-refractivity contribution in [3.8, 4) is 0 Å². The molecule has 4 rings (SSSR count). The van der Waals surface area contributed by atoms with Crippen LogP contribution in [0.5, 0.6) is 0 Å². The summed E-state index contributed by atoms with van der Waals surface area (Å²) in [5.41, 5.74) is 2.93. The maximum absolute atomic E-state index is 12.3. The number of aromatic nitrogens is 3. The van der Waals surface area contributed by atoms with Crippen molar-refractivity contribution in [1.82, 2.24) is 19.0 Å². The van der Waals surface area contributed by atoms with E-state index in [0.29, 0.717) is 0 Å². The number of aryl methyl sites for hydroxylation is 1. The average molecular weight is 338 g/mol. The van der Waals surface area contributed by atoms with Crippen molar-refractivity contribution in [3.05, 3.63) is 69.0 Å². The van der Waals surface area contributed by atoms with Gasteiger partial charge in [-0.25, -0.2) is 4.79 Å². The van der Waals surface area contributed by atoms with E-state index in [1.807, 2.05) is 41.1 Å². The monoisotopic (exact) mass is 338 g/mol. The lowest BCUT2D eigenvalue weighted by Crippen LogP contribution is -2.36. The topological polar surface area (TPSA) is 63.0 Å². The number of nitrogens with one attached hydrogen (secondary N) is 1. The van der Waals surface area contributed by atoms with Gasteiger partial charge in [0.25, 0.3) is 5.56 Å². The third-order valence-corrected chi connectivity index (χ3v) is 5.12. The van der Waals surface area contributed by atoms with Gasteiger partial charge in [0.05, 0.1) is 11.0 Å². The molecule has 0 bridgehead atoms. The van der Waals surface area contributed by atoms with Crippen LogP contribution in [-0.2, 0) is 13.6 Å². The Bertz CT molecular complexity index is 1010. The largest absolute Gasteiger partial charge is 0.326 e. The molecule has 0 aliphatic carbocycles.